The van der Waals surface area contributed by atoms with Crippen LogP contribution in [0.15, 0.2) is 39.2 Å². The molecule has 0 bridgehead atoms. The maximum atomic E-state index is 6.14. The predicted molar refractivity (Wildman–Crippen MR) is 74.2 cm³/mol. The minimum atomic E-state index is 0.0898. The summed E-state index contributed by atoms with van der Waals surface area (Å²) in [5, 5.41) is 0.676. The quantitative estimate of drug-likeness (QED) is 0.919. The van der Waals surface area contributed by atoms with E-state index in [-0.39, 0.29) is 6.04 Å². The molecule has 0 saturated heterocycles. The van der Waals surface area contributed by atoms with Crippen LogP contribution < -0.4 is 5.73 Å². The first-order chi connectivity index (χ1) is 8.06. The van der Waals surface area contributed by atoms with E-state index in [0.29, 0.717) is 5.02 Å². The van der Waals surface area contributed by atoms with E-state index in [9.17, 15) is 0 Å². The number of nitrogens with two attached hydrogens (primary N) is 1. The number of halogens is 2. The summed E-state index contributed by atoms with van der Waals surface area (Å²) in [5.41, 5.74) is 6.62. The Kier molecular flexibility index (Phi) is 3.92. The van der Waals surface area contributed by atoms with E-state index in [1.807, 2.05) is 37.3 Å². The smallest absolute Gasteiger partial charge is 0.135 e. The lowest BCUT2D eigenvalue weighted by atomic mass is 10.2. The summed E-state index contributed by atoms with van der Waals surface area (Å²) in [6, 6.07) is 9.64. The van der Waals surface area contributed by atoms with E-state index in [1.165, 1.54) is 0 Å². The van der Waals surface area contributed by atoms with Gasteiger partial charge in [0.05, 0.1) is 5.02 Å². The zero-order chi connectivity index (χ0) is 12.4. The Bertz CT molecular complexity index is 522. The van der Waals surface area contributed by atoms with Crippen molar-refractivity contribution in [3.8, 4) is 11.3 Å². The minimum absolute atomic E-state index is 0.0898. The summed E-state index contributed by atoms with van der Waals surface area (Å²) >= 11 is 9.56. The molecule has 17 heavy (non-hydrogen) atoms. The molecule has 0 radical (unpaired) electrons. The average Bonchev–Trinajstić information content (AvgIpc) is 2.69. The second kappa shape index (κ2) is 5.25. The largest absolute Gasteiger partial charge is 0.461 e. The van der Waals surface area contributed by atoms with Crippen molar-refractivity contribution in [3.05, 3.63) is 45.6 Å². The van der Waals surface area contributed by atoms with Crippen LogP contribution in [0.4, 0.5) is 0 Å². The third-order valence-electron chi connectivity index (χ3n) is 2.38. The summed E-state index contributed by atoms with van der Waals surface area (Å²) < 4.78 is 6.71. The molecule has 4 heteroatoms. The molecule has 0 saturated carbocycles. The molecule has 1 heterocycles. The van der Waals surface area contributed by atoms with E-state index >= 15 is 0 Å². The molecule has 2 aromatic rings. The predicted octanol–water partition coefficient (Wildman–Crippen LogP) is 4.25. The van der Waals surface area contributed by atoms with Gasteiger partial charge in [-0.2, -0.15) is 0 Å². The average molecular weight is 315 g/mol. The molecular formula is C13H13BrClNO. The lowest BCUT2D eigenvalue weighted by Gasteiger charge is -2.03. The van der Waals surface area contributed by atoms with Crippen molar-refractivity contribution in [3.63, 3.8) is 0 Å². The highest BCUT2D eigenvalue weighted by Gasteiger charge is 2.10. The first kappa shape index (κ1) is 12.7. The Morgan fingerprint density at radius 3 is 2.82 bits per heavy atom. The van der Waals surface area contributed by atoms with Gasteiger partial charge in [-0.15, -0.1) is 0 Å². The summed E-state index contributed by atoms with van der Waals surface area (Å²) in [6.45, 7) is 1.95. The van der Waals surface area contributed by atoms with Crippen LogP contribution in [0, 0.1) is 0 Å². The van der Waals surface area contributed by atoms with E-state index in [0.717, 1.165) is 28.0 Å². The third kappa shape index (κ3) is 3.12. The van der Waals surface area contributed by atoms with Crippen molar-refractivity contribution in [2.45, 2.75) is 19.4 Å². The summed E-state index contributed by atoms with van der Waals surface area (Å²) in [6.07, 6.45) is 0.728. The second-order valence-electron chi connectivity index (χ2n) is 4.07. The molecule has 1 aromatic heterocycles. The van der Waals surface area contributed by atoms with E-state index < -0.39 is 0 Å². The van der Waals surface area contributed by atoms with Gasteiger partial charge in [0.2, 0.25) is 0 Å². The summed E-state index contributed by atoms with van der Waals surface area (Å²) in [5.74, 6) is 1.65. The van der Waals surface area contributed by atoms with Crippen LogP contribution in [0.1, 0.15) is 12.7 Å². The van der Waals surface area contributed by atoms with Gasteiger partial charge in [-0.1, -0.05) is 27.5 Å². The molecule has 90 valence electrons. The van der Waals surface area contributed by atoms with Crippen LogP contribution >= 0.6 is 27.5 Å². The molecule has 0 aliphatic heterocycles. The van der Waals surface area contributed by atoms with Crippen LogP contribution in [0.5, 0.6) is 0 Å². The monoisotopic (exact) mass is 313 g/mol. The number of benzene rings is 1. The maximum Gasteiger partial charge on any atom is 0.135 e. The fourth-order valence-electron chi connectivity index (χ4n) is 1.64. The Balaban J connectivity index is 2.33. The standard InChI is InChI=1S/C13H13BrClNO/c1-8(16)6-10-3-5-13(17-10)11-7-9(14)2-4-12(11)15/h2-5,7-8H,6,16H2,1H3. The van der Waals surface area contributed by atoms with Crippen LogP contribution in [0.25, 0.3) is 11.3 Å². The Hall–Kier alpha value is -0.770. The highest BCUT2D eigenvalue weighted by molar-refractivity contribution is 9.10. The van der Waals surface area contributed by atoms with Crippen LogP contribution in [-0.4, -0.2) is 6.04 Å². The molecule has 1 atom stereocenters. The van der Waals surface area contributed by atoms with Gasteiger partial charge in [-0.3, -0.25) is 0 Å². The van der Waals surface area contributed by atoms with Gasteiger partial charge >= 0.3 is 0 Å². The lowest BCUT2D eigenvalue weighted by molar-refractivity contribution is 0.503. The maximum absolute atomic E-state index is 6.14. The molecule has 2 rings (SSSR count). The van der Waals surface area contributed by atoms with E-state index in [1.54, 1.807) is 0 Å². The first-order valence-corrected chi connectivity index (χ1v) is 6.53. The van der Waals surface area contributed by atoms with Crippen molar-refractivity contribution in [1.29, 1.82) is 0 Å². The third-order valence-corrected chi connectivity index (χ3v) is 3.20. The van der Waals surface area contributed by atoms with Crippen LogP contribution in [0.2, 0.25) is 5.02 Å². The van der Waals surface area contributed by atoms with E-state index in [4.69, 9.17) is 21.8 Å². The van der Waals surface area contributed by atoms with Crippen molar-refractivity contribution in [1.82, 2.24) is 0 Å². The fraction of sp³-hybridized carbons (Fsp3) is 0.231. The molecule has 2 N–H and O–H groups in total. The van der Waals surface area contributed by atoms with Crippen molar-refractivity contribution < 1.29 is 4.42 Å². The lowest BCUT2D eigenvalue weighted by Crippen LogP contribution is -2.17. The summed E-state index contributed by atoms with van der Waals surface area (Å²) in [4.78, 5) is 0. The first-order valence-electron chi connectivity index (χ1n) is 5.36. The number of furan rings is 1. The normalized spacial score (nSPS) is 12.7. The Morgan fingerprint density at radius 1 is 1.35 bits per heavy atom. The minimum Gasteiger partial charge on any atom is -0.461 e. The Morgan fingerprint density at radius 2 is 2.12 bits per heavy atom. The number of hydrogen-bond donors (Lipinski definition) is 1. The number of rotatable bonds is 3. The Labute approximate surface area is 114 Å². The molecular weight excluding hydrogens is 302 g/mol. The molecule has 1 aromatic carbocycles. The van der Waals surface area contributed by atoms with Gasteiger partial charge in [-0.25, -0.2) is 0 Å². The van der Waals surface area contributed by atoms with Crippen LogP contribution in [0.3, 0.4) is 0 Å². The van der Waals surface area contributed by atoms with E-state index in [2.05, 4.69) is 15.9 Å². The van der Waals surface area contributed by atoms with Gasteiger partial charge in [0.25, 0.3) is 0 Å². The molecule has 1 unspecified atom stereocenters. The van der Waals surface area contributed by atoms with Crippen molar-refractivity contribution >= 4 is 27.5 Å². The second-order valence-corrected chi connectivity index (χ2v) is 5.39. The SMILES string of the molecule is CC(N)Cc1ccc(-c2cc(Br)ccc2Cl)o1. The fourth-order valence-corrected chi connectivity index (χ4v) is 2.21. The van der Waals surface area contributed by atoms with Crippen molar-refractivity contribution in [2.24, 2.45) is 5.73 Å². The number of hydrogen-bond acceptors (Lipinski definition) is 2. The van der Waals surface area contributed by atoms with Crippen molar-refractivity contribution in [2.75, 3.05) is 0 Å². The zero-order valence-corrected chi connectivity index (χ0v) is 11.8. The van der Waals surface area contributed by atoms with Gasteiger partial charge in [0.15, 0.2) is 0 Å². The van der Waals surface area contributed by atoms with Gasteiger partial charge in [-0.05, 0) is 37.3 Å². The molecule has 0 amide bonds. The van der Waals surface area contributed by atoms with Gasteiger partial charge in [0, 0.05) is 22.5 Å². The highest BCUT2D eigenvalue weighted by atomic mass is 79.9. The molecule has 0 fully saturated rings. The molecule has 0 spiro atoms. The van der Waals surface area contributed by atoms with Gasteiger partial charge < -0.3 is 10.2 Å². The molecule has 2 nitrogen and oxygen atoms in total. The highest BCUT2D eigenvalue weighted by Crippen LogP contribution is 2.32. The topological polar surface area (TPSA) is 39.2 Å². The molecule has 0 aliphatic rings. The zero-order valence-electron chi connectivity index (χ0n) is 9.41. The van der Waals surface area contributed by atoms with Crippen LogP contribution in [-0.2, 0) is 6.42 Å². The summed E-state index contributed by atoms with van der Waals surface area (Å²) in [7, 11) is 0. The molecule has 0 aliphatic carbocycles. The van der Waals surface area contributed by atoms with Gasteiger partial charge in [0.1, 0.15) is 11.5 Å².